The molecule has 15 heavy (non-hydrogen) atoms. The van der Waals surface area contributed by atoms with Gasteiger partial charge in [0.1, 0.15) is 0 Å². The lowest BCUT2D eigenvalue weighted by atomic mass is 10.1. The molecule has 1 unspecified atom stereocenters. The van der Waals surface area contributed by atoms with Crippen LogP contribution in [-0.4, -0.2) is 9.25 Å². The van der Waals surface area contributed by atoms with Crippen LogP contribution < -0.4 is 0 Å². The quantitative estimate of drug-likeness (QED) is 0.227. The normalized spacial score (nSPS) is 13.0. The summed E-state index contributed by atoms with van der Waals surface area (Å²) in [7, 11) is 0. The molecule has 0 amide bonds. The lowest BCUT2D eigenvalue weighted by molar-refractivity contribution is 0.562. The second kappa shape index (κ2) is 13.3. The van der Waals surface area contributed by atoms with Crippen molar-refractivity contribution in [3.05, 3.63) is 0 Å². The Morgan fingerprint density at radius 1 is 0.867 bits per heavy atom. The zero-order valence-electron chi connectivity index (χ0n) is 10.1. The number of hydrogen-bond donors (Lipinski definition) is 0. The van der Waals surface area contributed by atoms with Crippen LogP contribution in [0.3, 0.4) is 0 Å². The summed E-state index contributed by atoms with van der Waals surface area (Å²) in [5.41, 5.74) is 0. The predicted molar refractivity (Wildman–Crippen MR) is 83.4 cm³/mol. The van der Waals surface area contributed by atoms with Crippen LogP contribution in [0, 0.1) is 0 Å². The molecule has 0 aliphatic heterocycles. The fourth-order valence-corrected chi connectivity index (χ4v) is 3.92. The van der Waals surface area contributed by atoms with Gasteiger partial charge in [0.15, 0.2) is 0 Å². The van der Waals surface area contributed by atoms with E-state index in [2.05, 4.69) is 45.4 Å². The average molecular weight is 389 g/mol. The highest BCUT2D eigenvalue weighted by molar-refractivity contribution is 14.1. The van der Waals surface area contributed by atoms with E-state index < -0.39 is 0 Å². The molecule has 0 aromatic heterocycles. The lowest BCUT2D eigenvalue weighted by Crippen LogP contribution is -1.97. The largest absolute Gasteiger partial charge is 0.0928 e. The molecular formula is C13H26BrI. The van der Waals surface area contributed by atoms with E-state index in [1.54, 1.807) is 0 Å². The van der Waals surface area contributed by atoms with Crippen LogP contribution in [0.25, 0.3) is 0 Å². The summed E-state index contributed by atoms with van der Waals surface area (Å²) in [6.07, 6.45) is 14.3. The van der Waals surface area contributed by atoms with Gasteiger partial charge >= 0.3 is 0 Å². The topological polar surface area (TPSA) is 0 Å². The molecule has 92 valence electrons. The Balaban J connectivity index is 2.98. The predicted octanol–water partition coefficient (Wildman–Crippen LogP) is 6.11. The standard InChI is InChI=1S/C13H26BrI/c1-2-3-4-5-6-7-8-9-10-13(15)11-12-14/h13H,2-12H2,1H3. The summed E-state index contributed by atoms with van der Waals surface area (Å²) >= 11 is 6.09. The first-order valence-electron chi connectivity index (χ1n) is 6.51. The Morgan fingerprint density at radius 2 is 1.40 bits per heavy atom. The van der Waals surface area contributed by atoms with E-state index in [9.17, 15) is 0 Å². The van der Waals surface area contributed by atoms with Gasteiger partial charge < -0.3 is 0 Å². The molecule has 0 aromatic carbocycles. The van der Waals surface area contributed by atoms with Gasteiger partial charge in [-0.15, -0.1) is 0 Å². The van der Waals surface area contributed by atoms with Gasteiger partial charge in [0, 0.05) is 9.25 Å². The van der Waals surface area contributed by atoms with Gasteiger partial charge in [-0.25, -0.2) is 0 Å². The molecule has 0 radical (unpaired) electrons. The van der Waals surface area contributed by atoms with E-state index in [4.69, 9.17) is 0 Å². The van der Waals surface area contributed by atoms with Crippen LogP contribution in [0.2, 0.25) is 0 Å². The molecule has 0 bridgehead atoms. The maximum absolute atomic E-state index is 3.50. The molecule has 0 spiro atoms. The molecule has 0 fully saturated rings. The van der Waals surface area contributed by atoms with Crippen molar-refractivity contribution in [2.75, 3.05) is 5.33 Å². The molecule has 0 saturated carbocycles. The highest BCUT2D eigenvalue weighted by Gasteiger charge is 2.01. The molecule has 0 rings (SSSR count). The minimum absolute atomic E-state index is 0.891. The molecule has 1 atom stereocenters. The van der Waals surface area contributed by atoms with Crippen LogP contribution in [-0.2, 0) is 0 Å². The van der Waals surface area contributed by atoms with E-state index in [0.717, 1.165) is 9.25 Å². The van der Waals surface area contributed by atoms with Crippen LogP contribution >= 0.6 is 38.5 Å². The molecular weight excluding hydrogens is 363 g/mol. The molecule has 0 nitrogen and oxygen atoms in total. The summed E-state index contributed by atoms with van der Waals surface area (Å²) < 4.78 is 0.891. The van der Waals surface area contributed by atoms with E-state index in [1.807, 2.05) is 0 Å². The van der Waals surface area contributed by atoms with Crippen LogP contribution in [0.1, 0.15) is 71.1 Å². The summed E-state index contributed by atoms with van der Waals surface area (Å²) in [5, 5.41) is 1.16. The van der Waals surface area contributed by atoms with Crippen molar-refractivity contribution in [1.82, 2.24) is 0 Å². The van der Waals surface area contributed by atoms with Gasteiger partial charge in [-0.3, -0.25) is 0 Å². The smallest absolute Gasteiger partial charge is 0.0118 e. The third-order valence-corrected chi connectivity index (χ3v) is 4.50. The minimum atomic E-state index is 0.891. The maximum atomic E-state index is 3.50. The van der Waals surface area contributed by atoms with Crippen molar-refractivity contribution in [3.63, 3.8) is 0 Å². The Hall–Kier alpha value is 1.21. The lowest BCUT2D eigenvalue weighted by Gasteiger charge is -2.07. The highest BCUT2D eigenvalue weighted by Crippen LogP contribution is 2.17. The summed E-state index contributed by atoms with van der Waals surface area (Å²) in [4.78, 5) is 0. The average Bonchev–Trinajstić information content (AvgIpc) is 2.22. The van der Waals surface area contributed by atoms with Crippen LogP contribution in [0.5, 0.6) is 0 Å². The summed E-state index contributed by atoms with van der Waals surface area (Å²) in [6, 6.07) is 0. The van der Waals surface area contributed by atoms with Crippen molar-refractivity contribution >= 4 is 38.5 Å². The van der Waals surface area contributed by atoms with Gasteiger partial charge in [0.2, 0.25) is 0 Å². The Morgan fingerprint density at radius 3 is 1.93 bits per heavy atom. The molecule has 0 aliphatic carbocycles. The third-order valence-electron chi connectivity index (χ3n) is 2.79. The van der Waals surface area contributed by atoms with E-state index in [1.165, 1.54) is 64.2 Å². The van der Waals surface area contributed by atoms with Gasteiger partial charge in [0.25, 0.3) is 0 Å². The van der Waals surface area contributed by atoms with Crippen molar-refractivity contribution < 1.29 is 0 Å². The van der Waals surface area contributed by atoms with Crippen molar-refractivity contribution in [2.45, 2.75) is 75.1 Å². The van der Waals surface area contributed by atoms with E-state index >= 15 is 0 Å². The monoisotopic (exact) mass is 388 g/mol. The van der Waals surface area contributed by atoms with Crippen LogP contribution in [0.15, 0.2) is 0 Å². The molecule has 0 N–H and O–H groups in total. The first kappa shape index (κ1) is 16.2. The van der Waals surface area contributed by atoms with Gasteiger partial charge in [-0.1, -0.05) is 96.8 Å². The van der Waals surface area contributed by atoms with Crippen molar-refractivity contribution in [2.24, 2.45) is 0 Å². The zero-order valence-corrected chi connectivity index (χ0v) is 13.9. The first-order valence-corrected chi connectivity index (χ1v) is 8.88. The van der Waals surface area contributed by atoms with Gasteiger partial charge in [-0.2, -0.15) is 0 Å². The zero-order chi connectivity index (χ0) is 11.4. The minimum Gasteiger partial charge on any atom is -0.0928 e. The fraction of sp³-hybridized carbons (Fsp3) is 1.00. The van der Waals surface area contributed by atoms with Crippen molar-refractivity contribution in [1.29, 1.82) is 0 Å². The van der Waals surface area contributed by atoms with Gasteiger partial charge in [0.05, 0.1) is 0 Å². The summed E-state index contributed by atoms with van der Waals surface area (Å²) in [5.74, 6) is 0. The first-order chi connectivity index (χ1) is 7.31. The Labute approximate surface area is 118 Å². The number of unbranched alkanes of at least 4 members (excludes halogenated alkanes) is 7. The maximum Gasteiger partial charge on any atom is 0.0118 e. The highest BCUT2D eigenvalue weighted by atomic mass is 127. The Kier molecular flexibility index (Phi) is 14.3. The second-order valence-corrected chi connectivity index (χ2v) is 6.89. The molecule has 0 aromatic rings. The molecule has 0 saturated heterocycles. The van der Waals surface area contributed by atoms with E-state index in [-0.39, 0.29) is 0 Å². The van der Waals surface area contributed by atoms with E-state index in [0.29, 0.717) is 0 Å². The van der Waals surface area contributed by atoms with Crippen molar-refractivity contribution in [3.8, 4) is 0 Å². The number of rotatable bonds is 11. The second-order valence-electron chi connectivity index (χ2n) is 4.34. The van der Waals surface area contributed by atoms with Crippen LogP contribution in [0.4, 0.5) is 0 Å². The molecule has 0 heterocycles. The number of hydrogen-bond acceptors (Lipinski definition) is 0. The fourth-order valence-electron chi connectivity index (χ4n) is 1.76. The third kappa shape index (κ3) is 13.1. The molecule has 2 heteroatoms. The summed E-state index contributed by atoms with van der Waals surface area (Å²) in [6.45, 7) is 2.28. The number of halogens is 2. The van der Waals surface area contributed by atoms with Gasteiger partial charge in [-0.05, 0) is 12.8 Å². The SMILES string of the molecule is CCCCCCCCCCC(I)CCBr. The Bertz CT molecular complexity index is 117. The molecule has 0 aliphatic rings. The number of alkyl halides is 2.